The van der Waals surface area contributed by atoms with Crippen LogP contribution in [0.1, 0.15) is 133 Å². The van der Waals surface area contributed by atoms with Gasteiger partial charge in [0.25, 0.3) is 0 Å². The molecule has 3 aliphatic carbocycles. The van der Waals surface area contributed by atoms with Crippen molar-refractivity contribution < 1.29 is 13.5 Å². The van der Waals surface area contributed by atoms with Gasteiger partial charge in [-0.25, -0.2) is 8.78 Å². The first-order chi connectivity index (χ1) is 16.6. The fourth-order valence-corrected chi connectivity index (χ4v) is 7.28. The van der Waals surface area contributed by atoms with Crippen LogP contribution >= 0.6 is 0 Å². The van der Waals surface area contributed by atoms with Crippen LogP contribution in [0.5, 0.6) is 0 Å². The Morgan fingerprint density at radius 1 is 0.853 bits per heavy atom. The number of rotatable bonds is 11. The van der Waals surface area contributed by atoms with Crippen molar-refractivity contribution in [2.75, 3.05) is 6.61 Å². The second-order valence-corrected chi connectivity index (χ2v) is 11.7. The summed E-state index contributed by atoms with van der Waals surface area (Å²) in [5.41, 5.74) is 2.22. The van der Waals surface area contributed by atoms with Gasteiger partial charge in [0.1, 0.15) is 11.6 Å². The van der Waals surface area contributed by atoms with Gasteiger partial charge in [-0.05, 0) is 105 Å². The Hall–Kier alpha value is -0.960. The number of hydrogen-bond acceptors (Lipinski definition) is 1. The Morgan fingerprint density at radius 3 is 2.44 bits per heavy atom. The zero-order chi connectivity index (χ0) is 23.9. The molecule has 3 aliphatic rings. The maximum atomic E-state index is 15.7. The number of unbranched alkanes of at least 4 members (excludes halogenated alkanes) is 5. The second-order valence-electron chi connectivity index (χ2n) is 11.7. The monoisotopic (exact) mass is 474 g/mol. The molecule has 0 saturated heterocycles. The predicted molar refractivity (Wildman–Crippen MR) is 137 cm³/mol. The van der Waals surface area contributed by atoms with E-state index in [4.69, 9.17) is 4.74 Å². The van der Waals surface area contributed by atoms with E-state index >= 15 is 8.78 Å². The van der Waals surface area contributed by atoms with Crippen LogP contribution in [0.15, 0.2) is 6.07 Å². The fraction of sp³-hybridized carbons (Fsp3) is 0.806. The molecule has 4 rings (SSSR count). The lowest BCUT2D eigenvalue weighted by Gasteiger charge is -2.42. The minimum Gasteiger partial charge on any atom is -0.378 e. The summed E-state index contributed by atoms with van der Waals surface area (Å²) in [4.78, 5) is 0. The van der Waals surface area contributed by atoms with Crippen molar-refractivity contribution in [2.45, 2.75) is 135 Å². The van der Waals surface area contributed by atoms with Crippen molar-refractivity contribution >= 4 is 0 Å². The van der Waals surface area contributed by atoms with E-state index in [-0.39, 0.29) is 17.6 Å². The second kappa shape index (κ2) is 12.8. The highest BCUT2D eigenvalue weighted by atomic mass is 19.1. The van der Waals surface area contributed by atoms with Crippen molar-refractivity contribution in [1.82, 2.24) is 0 Å². The molecule has 2 fully saturated rings. The van der Waals surface area contributed by atoms with Gasteiger partial charge in [0.2, 0.25) is 0 Å². The van der Waals surface area contributed by atoms with E-state index in [2.05, 4.69) is 13.8 Å². The molecule has 0 aromatic heterocycles. The van der Waals surface area contributed by atoms with Gasteiger partial charge in [0.05, 0.1) is 6.10 Å². The van der Waals surface area contributed by atoms with E-state index in [1.807, 2.05) is 0 Å². The van der Waals surface area contributed by atoms with Gasteiger partial charge in [-0.15, -0.1) is 0 Å². The third kappa shape index (κ3) is 6.42. The van der Waals surface area contributed by atoms with Crippen LogP contribution in [0, 0.1) is 29.4 Å². The van der Waals surface area contributed by atoms with Gasteiger partial charge in [-0.1, -0.05) is 58.8 Å². The predicted octanol–water partition coefficient (Wildman–Crippen LogP) is 9.30. The molecule has 3 heteroatoms. The van der Waals surface area contributed by atoms with Crippen molar-refractivity contribution in [1.29, 1.82) is 0 Å². The average Bonchev–Trinajstić information content (AvgIpc) is 2.84. The summed E-state index contributed by atoms with van der Waals surface area (Å²) in [5, 5.41) is 0. The van der Waals surface area contributed by atoms with Crippen LogP contribution in [-0.4, -0.2) is 12.7 Å². The summed E-state index contributed by atoms with van der Waals surface area (Å²) in [7, 11) is 0. The molecule has 2 saturated carbocycles. The van der Waals surface area contributed by atoms with Crippen LogP contribution in [0.4, 0.5) is 8.78 Å². The number of benzene rings is 1. The van der Waals surface area contributed by atoms with Crippen LogP contribution in [0.3, 0.4) is 0 Å². The third-order valence-electron chi connectivity index (χ3n) is 9.30. The third-order valence-corrected chi connectivity index (χ3v) is 9.30. The molecule has 0 amide bonds. The molecule has 1 aromatic rings. The van der Waals surface area contributed by atoms with Crippen LogP contribution in [0.2, 0.25) is 0 Å². The van der Waals surface area contributed by atoms with E-state index in [9.17, 15) is 0 Å². The van der Waals surface area contributed by atoms with Crippen LogP contribution in [0.25, 0.3) is 0 Å². The zero-order valence-electron chi connectivity index (χ0n) is 21.9. The zero-order valence-corrected chi connectivity index (χ0v) is 21.9. The molecule has 0 aliphatic heterocycles. The smallest absolute Gasteiger partial charge is 0.133 e. The van der Waals surface area contributed by atoms with Gasteiger partial charge in [0.15, 0.2) is 0 Å². The lowest BCUT2D eigenvalue weighted by atomic mass is 9.65. The maximum absolute atomic E-state index is 15.7. The normalized spacial score (nSPS) is 29.0. The van der Waals surface area contributed by atoms with Crippen LogP contribution in [-0.2, 0) is 17.6 Å². The highest BCUT2D eigenvalue weighted by Crippen LogP contribution is 2.48. The largest absolute Gasteiger partial charge is 0.378 e. The topological polar surface area (TPSA) is 9.23 Å². The van der Waals surface area contributed by atoms with E-state index in [1.54, 1.807) is 6.07 Å². The Bertz CT molecular complexity index is 775. The summed E-state index contributed by atoms with van der Waals surface area (Å²) in [6.07, 6.45) is 19.5. The van der Waals surface area contributed by atoms with E-state index in [0.29, 0.717) is 29.4 Å². The Morgan fingerprint density at radius 2 is 1.62 bits per heavy atom. The summed E-state index contributed by atoms with van der Waals surface area (Å²) in [6.45, 7) is 5.37. The molecule has 0 spiro atoms. The van der Waals surface area contributed by atoms with Gasteiger partial charge in [-0.2, -0.15) is 0 Å². The van der Waals surface area contributed by atoms with E-state index < -0.39 is 0 Å². The quantitative estimate of drug-likeness (QED) is 0.290. The average molecular weight is 475 g/mol. The summed E-state index contributed by atoms with van der Waals surface area (Å²) >= 11 is 0. The highest BCUT2D eigenvalue weighted by Gasteiger charge is 2.38. The summed E-state index contributed by atoms with van der Waals surface area (Å²) in [6, 6.07) is 1.72. The lowest BCUT2D eigenvalue weighted by Crippen LogP contribution is -2.34. The van der Waals surface area contributed by atoms with Crippen molar-refractivity contribution in [3.8, 4) is 0 Å². The molecular formula is C31H48F2O. The van der Waals surface area contributed by atoms with Gasteiger partial charge >= 0.3 is 0 Å². The number of halogens is 2. The van der Waals surface area contributed by atoms with Crippen molar-refractivity contribution in [2.24, 2.45) is 17.8 Å². The molecule has 192 valence electrons. The molecular weight excluding hydrogens is 426 g/mol. The number of fused-ring (bicyclic) bond motifs is 2. The van der Waals surface area contributed by atoms with E-state index in [0.717, 1.165) is 75.5 Å². The molecule has 0 bridgehead atoms. The number of hydrogen-bond donors (Lipinski definition) is 0. The standard InChI is InChI=1S/C31H48F2O/c1-3-5-7-9-17-34-27-15-14-23-19-25(13-12-24(23)20-27)30-29(32)21-26-18-22(10-8-6-4-2)11-16-28(26)31(30)33/h21-25,27H,3-20H2,1-2H3. The molecule has 0 N–H and O–H groups in total. The molecule has 1 aromatic carbocycles. The minimum atomic E-state index is -0.266. The molecule has 1 nitrogen and oxygen atoms in total. The molecule has 5 unspecified atom stereocenters. The van der Waals surface area contributed by atoms with Gasteiger partial charge in [-0.3, -0.25) is 0 Å². The van der Waals surface area contributed by atoms with Crippen molar-refractivity contribution in [3.63, 3.8) is 0 Å². The minimum absolute atomic E-state index is 0.0559. The molecule has 0 heterocycles. The molecule has 34 heavy (non-hydrogen) atoms. The van der Waals surface area contributed by atoms with Gasteiger partial charge in [0, 0.05) is 12.2 Å². The van der Waals surface area contributed by atoms with Crippen LogP contribution < -0.4 is 0 Å². The maximum Gasteiger partial charge on any atom is 0.133 e. The lowest BCUT2D eigenvalue weighted by molar-refractivity contribution is -0.0166. The fourth-order valence-electron chi connectivity index (χ4n) is 7.28. The van der Waals surface area contributed by atoms with Crippen molar-refractivity contribution in [3.05, 3.63) is 34.4 Å². The van der Waals surface area contributed by atoms with E-state index in [1.165, 1.54) is 51.4 Å². The SMILES string of the molecule is CCCCCCOC1CCC2CC(c3c(F)cc4c(c3F)CCC(CCCCC)C4)CCC2C1. The van der Waals surface area contributed by atoms with Gasteiger partial charge < -0.3 is 4.74 Å². The first-order valence-corrected chi connectivity index (χ1v) is 14.7. The number of ether oxygens (including phenoxy) is 1. The Labute approximate surface area is 207 Å². The molecule has 5 atom stereocenters. The first kappa shape index (κ1) is 26.1. The Kier molecular flexibility index (Phi) is 9.86. The summed E-state index contributed by atoms with van der Waals surface area (Å²) in [5.74, 6) is 1.49. The first-order valence-electron chi connectivity index (χ1n) is 14.7. The molecule has 0 radical (unpaired) electrons. The summed E-state index contributed by atoms with van der Waals surface area (Å²) < 4.78 is 37.2. The Balaban J connectivity index is 1.33. The highest BCUT2D eigenvalue weighted by molar-refractivity contribution is 5.39.